The molecule has 0 saturated heterocycles. The lowest BCUT2D eigenvalue weighted by Gasteiger charge is -2.34. The van der Waals surface area contributed by atoms with Crippen molar-refractivity contribution >= 4 is 11.9 Å². The molecule has 0 aromatic carbocycles. The molecule has 1 aliphatic carbocycles. The van der Waals surface area contributed by atoms with E-state index in [-0.39, 0.29) is 11.9 Å². The third-order valence-electron chi connectivity index (χ3n) is 9.01. The molecule has 0 aromatic rings. The predicted molar refractivity (Wildman–Crippen MR) is 174 cm³/mol. The van der Waals surface area contributed by atoms with E-state index in [9.17, 15) is 9.59 Å². The molecule has 0 bridgehead atoms. The van der Waals surface area contributed by atoms with Crippen LogP contribution in [-0.2, 0) is 19.1 Å². The van der Waals surface area contributed by atoms with Crippen molar-refractivity contribution in [3.05, 3.63) is 12.2 Å². The van der Waals surface area contributed by atoms with Gasteiger partial charge >= 0.3 is 11.9 Å². The average molecular weight is 577 g/mol. The lowest BCUT2D eigenvalue weighted by Crippen LogP contribution is -2.42. The molecule has 4 nitrogen and oxygen atoms in total. The van der Waals surface area contributed by atoms with Crippen molar-refractivity contribution in [3.8, 4) is 0 Å². The van der Waals surface area contributed by atoms with Crippen LogP contribution in [-0.4, -0.2) is 25.2 Å². The van der Waals surface area contributed by atoms with Gasteiger partial charge in [0.05, 0.1) is 24.5 Å². The quantitative estimate of drug-likeness (QED) is 0.0528. The van der Waals surface area contributed by atoms with Crippen molar-refractivity contribution in [2.75, 3.05) is 13.2 Å². The van der Waals surface area contributed by atoms with Gasteiger partial charge < -0.3 is 9.47 Å². The third kappa shape index (κ3) is 18.8. The van der Waals surface area contributed by atoms with E-state index in [1.165, 1.54) is 128 Å². The summed E-state index contributed by atoms with van der Waals surface area (Å²) >= 11 is 0. The van der Waals surface area contributed by atoms with Gasteiger partial charge in [0.15, 0.2) is 0 Å². The molecule has 2 unspecified atom stereocenters. The van der Waals surface area contributed by atoms with E-state index in [2.05, 4.69) is 13.8 Å². The average Bonchev–Trinajstić information content (AvgIpc) is 2.97. The Kier molecular flexibility index (Phi) is 24.2. The van der Waals surface area contributed by atoms with Gasteiger partial charge in [0, 0.05) is 0 Å². The fourth-order valence-electron chi connectivity index (χ4n) is 6.06. The highest BCUT2D eigenvalue weighted by Gasteiger charge is 2.46. The van der Waals surface area contributed by atoms with Crippen LogP contribution in [0.5, 0.6) is 0 Å². The highest BCUT2D eigenvalue weighted by Crippen LogP contribution is 2.38. The Bertz CT molecular complexity index is 657. The molecule has 2 atom stereocenters. The minimum Gasteiger partial charge on any atom is -0.465 e. The zero-order chi connectivity index (χ0) is 29.9. The van der Waals surface area contributed by atoms with Crippen LogP contribution >= 0.6 is 0 Å². The maximum atomic E-state index is 13.0. The number of unbranched alkanes of at least 4 members (excludes halogenated alkanes) is 22. The van der Waals surface area contributed by atoms with Gasteiger partial charge in [-0.05, 0) is 32.6 Å². The van der Waals surface area contributed by atoms with E-state index in [0.29, 0.717) is 19.6 Å². The molecule has 0 amide bonds. The standard InChI is InChI=1S/C37H68O4/c1-4-6-8-10-12-14-16-18-20-22-24-28-32-40-35(38)34-30-26-27-31-37(34,3)36(39)41-33-29-25-23-21-19-17-15-13-11-9-7-5-2/h27,31,34H,4-26,28-30,32-33H2,1-3H3. The Morgan fingerprint density at radius 3 is 1.37 bits per heavy atom. The smallest absolute Gasteiger partial charge is 0.316 e. The van der Waals surface area contributed by atoms with E-state index < -0.39 is 11.3 Å². The maximum absolute atomic E-state index is 13.0. The summed E-state index contributed by atoms with van der Waals surface area (Å²) < 4.78 is 11.3. The number of ether oxygens (including phenoxy) is 2. The molecule has 240 valence electrons. The monoisotopic (exact) mass is 577 g/mol. The third-order valence-corrected chi connectivity index (χ3v) is 9.01. The van der Waals surface area contributed by atoms with E-state index in [1.807, 2.05) is 19.1 Å². The summed E-state index contributed by atoms with van der Waals surface area (Å²) in [5.74, 6) is -0.953. The second-order valence-corrected chi connectivity index (χ2v) is 12.9. The fraction of sp³-hybridized carbons (Fsp3) is 0.892. The molecule has 0 aromatic heterocycles. The van der Waals surface area contributed by atoms with Gasteiger partial charge in [0.1, 0.15) is 0 Å². The summed E-state index contributed by atoms with van der Waals surface area (Å²) in [6, 6.07) is 0. The van der Waals surface area contributed by atoms with Crippen molar-refractivity contribution in [2.24, 2.45) is 11.3 Å². The summed E-state index contributed by atoms with van der Waals surface area (Å²) in [5.41, 5.74) is -0.914. The molecule has 0 fully saturated rings. The van der Waals surface area contributed by atoms with Crippen molar-refractivity contribution < 1.29 is 19.1 Å². The van der Waals surface area contributed by atoms with Crippen LogP contribution in [0, 0.1) is 11.3 Å². The molecular formula is C37H68O4. The van der Waals surface area contributed by atoms with Crippen LogP contribution < -0.4 is 0 Å². The van der Waals surface area contributed by atoms with Gasteiger partial charge in [0.25, 0.3) is 0 Å². The second-order valence-electron chi connectivity index (χ2n) is 12.9. The molecule has 1 aliphatic rings. The van der Waals surface area contributed by atoms with Crippen molar-refractivity contribution in [2.45, 2.75) is 188 Å². The number of carbonyl (C=O) groups excluding carboxylic acids is 2. The minimum absolute atomic E-state index is 0.234. The molecule has 1 rings (SSSR count). The number of hydrogen-bond acceptors (Lipinski definition) is 4. The zero-order valence-electron chi connectivity index (χ0n) is 27.7. The molecule has 4 heteroatoms. The number of hydrogen-bond donors (Lipinski definition) is 0. The van der Waals surface area contributed by atoms with Gasteiger partial charge in [-0.25, -0.2) is 0 Å². The Hall–Kier alpha value is -1.32. The van der Waals surface area contributed by atoms with E-state index in [4.69, 9.17) is 9.47 Å². The molecular weight excluding hydrogens is 508 g/mol. The van der Waals surface area contributed by atoms with Gasteiger partial charge in [0.2, 0.25) is 0 Å². The first kappa shape index (κ1) is 37.7. The first-order valence-electron chi connectivity index (χ1n) is 18.1. The zero-order valence-corrected chi connectivity index (χ0v) is 27.7. The summed E-state index contributed by atoms with van der Waals surface area (Å²) in [4.78, 5) is 26.0. The van der Waals surface area contributed by atoms with Gasteiger partial charge in [-0.2, -0.15) is 0 Å². The molecule has 0 radical (unpaired) electrons. The Balaban J connectivity index is 2.12. The number of rotatable bonds is 28. The first-order valence-corrected chi connectivity index (χ1v) is 18.1. The van der Waals surface area contributed by atoms with Gasteiger partial charge in [-0.15, -0.1) is 0 Å². The largest absolute Gasteiger partial charge is 0.465 e. The molecule has 0 heterocycles. The normalized spacial score (nSPS) is 18.5. The Morgan fingerprint density at radius 2 is 0.951 bits per heavy atom. The Morgan fingerprint density at radius 1 is 0.585 bits per heavy atom. The second kappa shape index (κ2) is 26.3. The van der Waals surface area contributed by atoms with Crippen LogP contribution in [0.15, 0.2) is 12.2 Å². The highest BCUT2D eigenvalue weighted by atomic mass is 16.5. The summed E-state index contributed by atoms with van der Waals surface area (Å²) in [7, 11) is 0. The van der Waals surface area contributed by atoms with Crippen molar-refractivity contribution in [1.29, 1.82) is 0 Å². The van der Waals surface area contributed by atoms with Crippen LogP contribution in [0.3, 0.4) is 0 Å². The SMILES string of the molecule is CCCCCCCCCCCCCCOC(=O)C1CCC=CC1(C)C(=O)OCCCCCCCCCCCCCC. The molecule has 0 saturated carbocycles. The molecule has 41 heavy (non-hydrogen) atoms. The summed E-state index contributed by atoms with van der Waals surface area (Å²) in [6.45, 7) is 7.29. The van der Waals surface area contributed by atoms with E-state index in [1.54, 1.807) is 0 Å². The van der Waals surface area contributed by atoms with E-state index >= 15 is 0 Å². The van der Waals surface area contributed by atoms with Crippen molar-refractivity contribution in [1.82, 2.24) is 0 Å². The lowest BCUT2D eigenvalue weighted by molar-refractivity contribution is -0.166. The predicted octanol–water partition coefficient (Wildman–Crippen LogP) is 11.4. The number of allylic oxidation sites excluding steroid dienone is 1. The molecule has 0 N–H and O–H groups in total. The fourth-order valence-corrected chi connectivity index (χ4v) is 6.06. The van der Waals surface area contributed by atoms with Gasteiger partial charge in [-0.3, -0.25) is 9.59 Å². The van der Waals surface area contributed by atoms with Crippen LogP contribution in [0.25, 0.3) is 0 Å². The summed E-state index contributed by atoms with van der Waals surface area (Å²) in [6.07, 6.45) is 36.2. The maximum Gasteiger partial charge on any atom is 0.316 e. The first-order chi connectivity index (χ1) is 20.1. The highest BCUT2D eigenvalue weighted by molar-refractivity contribution is 5.87. The Labute approximate surface area is 255 Å². The molecule has 0 spiro atoms. The molecule has 0 aliphatic heterocycles. The van der Waals surface area contributed by atoms with Crippen molar-refractivity contribution in [3.63, 3.8) is 0 Å². The van der Waals surface area contributed by atoms with Crippen LogP contribution in [0.2, 0.25) is 0 Å². The van der Waals surface area contributed by atoms with Gasteiger partial charge in [-0.1, -0.05) is 167 Å². The van der Waals surface area contributed by atoms with E-state index in [0.717, 1.165) is 32.1 Å². The lowest BCUT2D eigenvalue weighted by atomic mass is 9.71. The van der Waals surface area contributed by atoms with Crippen LogP contribution in [0.1, 0.15) is 188 Å². The number of carbonyl (C=O) groups is 2. The minimum atomic E-state index is -0.914. The topological polar surface area (TPSA) is 52.6 Å². The number of esters is 2. The summed E-state index contributed by atoms with van der Waals surface area (Å²) in [5, 5.41) is 0. The van der Waals surface area contributed by atoms with Crippen LogP contribution in [0.4, 0.5) is 0 Å².